The van der Waals surface area contributed by atoms with Gasteiger partial charge in [-0.05, 0) is 36.8 Å². The highest BCUT2D eigenvalue weighted by Crippen LogP contribution is 2.26. The lowest BCUT2D eigenvalue weighted by molar-refractivity contribution is -0.138. The topological polar surface area (TPSA) is 75.7 Å². The van der Waals surface area contributed by atoms with Gasteiger partial charge in [0.1, 0.15) is 17.2 Å². The number of imidazole rings is 1. The molecule has 7 heteroatoms. The van der Waals surface area contributed by atoms with Crippen molar-refractivity contribution in [3.8, 4) is 11.8 Å². The van der Waals surface area contributed by atoms with Crippen LogP contribution in [0.25, 0.3) is 5.65 Å². The number of carboxylic acid groups (broad SMARTS) is 1. The molecular formula is C20H21N5O2. The molecule has 1 fully saturated rings. The Morgan fingerprint density at radius 2 is 2.07 bits per heavy atom. The van der Waals surface area contributed by atoms with E-state index in [0.717, 1.165) is 48.7 Å². The minimum absolute atomic E-state index is 0.255. The number of rotatable bonds is 3. The van der Waals surface area contributed by atoms with Crippen LogP contribution in [0.4, 0.5) is 5.82 Å². The van der Waals surface area contributed by atoms with Crippen molar-refractivity contribution in [3.05, 3.63) is 48.0 Å². The molecule has 0 spiro atoms. The third-order valence-corrected chi connectivity index (χ3v) is 4.95. The highest BCUT2D eigenvalue weighted by atomic mass is 16.4. The molecule has 1 aliphatic heterocycles. The molecule has 0 radical (unpaired) electrons. The van der Waals surface area contributed by atoms with Crippen molar-refractivity contribution in [2.75, 3.05) is 18.0 Å². The van der Waals surface area contributed by atoms with E-state index in [1.165, 1.54) is 0 Å². The summed E-state index contributed by atoms with van der Waals surface area (Å²) in [4.78, 5) is 17.7. The van der Waals surface area contributed by atoms with Crippen molar-refractivity contribution < 1.29 is 9.90 Å². The maximum Gasteiger partial charge on any atom is 0.303 e. The second-order valence-corrected chi connectivity index (χ2v) is 6.90. The van der Waals surface area contributed by atoms with Gasteiger partial charge in [-0.3, -0.25) is 13.9 Å². The van der Waals surface area contributed by atoms with Gasteiger partial charge in [0.15, 0.2) is 0 Å². The highest BCUT2D eigenvalue weighted by molar-refractivity contribution is 5.67. The molecule has 0 aromatic carbocycles. The summed E-state index contributed by atoms with van der Waals surface area (Å²) in [5, 5.41) is 13.1. The molecular weight excluding hydrogens is 342 g/mol. The number of aryl methyl sites for hydroxylation is 1. The number of aliphatic carboxylic acids is 1. The zero-order valence-electron chi connectivity index (χ0n) is 15.2. The Labute approximate surface area is 157 Å². The number of hydrogen-bond acceptors (Lipinski definition) is 4. The van der Waals surface area contributed by atoms with Gasteiger partial charge in [0.2, 0.25) is 0 Å². The lowest BCUT2D eigenvalue weighted by Gasteiger charge is -2.33. The quantitative estimate of drug-likeness (QED) is 0.722. The van der Waals surface area contributed by atoms with Crippen molar-refractivity contribution >= 4 is 17.4 Å². The Morgan fingerprint density at radius 3 is 2.78 bits per heavy atom. The molecule has 0 saturated carbocycles. The van der Waals surface area contributed by atoms with Crippen molar-refractivity contribution in [2.45, 2.75) is 19.3 Å². The minimum Gasteiger partial charge on any atom is -0.481 e. The molecule has 0 amide bonds. The van der Waals surface area contributed by atoms with Crippen LogP contribution in [0.3, 0.4) is 0 Å². The molecule has 3 aromatic heterocycles. The number of anilines is 1. The van der Waals surface area contributed by atoms with Gasteiger partial charge in [-0.25, -0.2) is 4.98 Å². The first-order chi connectivity index (χ1) is 13.1. The first-order valence-electron chi connectivity index (χ1n) is 9.04. The average Bonchev–Trinajstić information content (AvgIpc) is 3.26. The van der Waals surface area contributed by atoms with Crippen LogP contribution < -0.4 is 4.90 Å². The number of piperidine rings is 1. The van der Waals surface area contributed by atoms with Crippen LogP contribution in [0.1, 0.15) is 30.5 Å². The molecule has 3 aromatic rings. The summed E-state index contributed by atoms with van der Waals surface area (Å²) in [5.41, 5.74) is 2.55. The van der Waals surface area contributed by atoms with Crippen LogP contribution in [0, 0.1) is 17.8 Å². The molecule has 0 atom stereocenters. The molecule has 0 unspecified atom stereocenters. The van der Waals surface area contributed by atoms with Gasteiger partial charge in [0, 0.05) is 32.8 Å². The van der Waals surface area contributed by atoms with Gasteiger partial charge < -0.3 is 10.0 Å². The van der Waals surface area contributed by atoms with Gasteiger partial charge in [-0.15, -0.1) is 0 Å². The third-order valence-electron chi connectivity index (χ3n) is 4.95. The molecule has 27 heavy (non-hydrogen) atoms. The fourth-order valence-electron chi connectivity index (χ4n) is 3.59. The largest absolute Gasteiger partial charge is 0.481 e. The van der Waals surface area contributed by atoms with E-state index in [1.54, 1.807) is 17.1 Å². The number of aromatic nitrogens is 4. The lowest BCUT2D eigenvalue weighted by Crippen LogP contribution is -2.35. The van der Waals surface area contributed by atoms with Crippen LogP contribution in [0.5, 0.6) is 0 Å². The number of hydrogen-bond donors (Lipinski definition) is 1. The molecule has 4 heterocycles. The summed E-state index contributed by atoms with van der Waals surface area (Å²) in [6.07, 6.45) is 7.43. The number of nitrogens with zero attached hydrogens (tertiary/aromatic N) is 5. The first-order valence-corrected chi connectivity index (χ1v) is 9.04. The zero-order chi connectivity index (χ0) is 18.8. The minimum atomic E-state index is -0.710. The third kappa shape index (κ3) is 3.65. The normalized spacial score (nSPS) is 14.9. The number of fused-ring (bicyclic) bond motifs is 1. The number of pyridine rings is 1. The summed E-state index contributed by atoms with van der Waals surface area (Å²) in [6.45, 7) is 1.68. The van der Waals surface area contributed by atoms with Crippen LogP contribution in [-0.4, -0.2) is 43.3 Å². The average molecular weight is 363 g/mol. The molecule has 0 bridgehead atoms. The summed E-state index contributed by atoms with van der Waals surface area (Å²) < 4.78 is 3.80. The van der Waals surface area contributed by atoms with Crippen LogP contribution in [-0.2, 0) is 11.8 Å². The summed E-state index contributed by atoms with van der Waals surface area (Å²) in [5.74, 6) is 6.94. The van der Waals surface area contributed by atoms with Crippen molar-refractivity contribution in [3.63, 3.8) is 0 Å². The number of carbonyl (C=O) groups is 1. The Kier molecular flexibility index (Phi) is 4.55. The SMILES string of the molecule is Cn1cc(C#Cc2cnc3cccc(N4CCC(CC(=O)O)CC4)n23)cn1. The molecule has 1 saturated heterocycles. The van der Waals surface area contributed by atoms with E-state index >= 15 is 0 Å². The summed E-state index contributed by atoms with van der Waals surface area (Å²) in [6, 6.07) is 6.04. The Bertz CT molecular complexity index is 1030. The van der Waals surface area contributed by atoms with E-state index in [2.05, 4.69) is 37.3 Å². The van der Waals surface area contributed by atoms with E-state index in [4.69, 9.17) is 5.11 Å². The van der Waals surface area contributed by atoms with Crippen LogP contribution in [0.15, 0.2) is 36.8 Å². The molecule has 4 rings (SSSR count). The van der Waals surface area contributed by atoms with Gasteiger partial charge in [-0.1, -0.05) is 12.0 Å². The summed E-state index contributed by atoms with van der Waals surface area (Å²) in [7, 11) is 1.87. The zero-order valence-corrected chi connectivity index (χ0v) is 15.2. The fourth-order valence-corrected chi connectivity index (χ4v) is 3.59. The standard InChI is InChI=1S/C20H21N5O2/c1-23-14-16(12-22-23)5-6-17-13-21-18-3-2-4-19(25(17)18)24-9-7-15(8-10-24)11-20(26)27/h2-4,12-15H,7-11H2,1H3,(H,26,27). The molecule has 1 N–H and O–H groups in total. The van der Waals surface area contributed by atoms with Gasteiger partial charge in [0.05, 0.1) is 18.0 Å². The Morgan fingerprint density at radius 1 is 1.26 bits per heavy atom. The van der Waals surface area contributed by atoms with E-state index < -0.39 is 5.97 Å². The van der Waals surface area contributed by atoms with E-state index in [9.17, 15) is 4.79 Å². The predicted molar refractivity (Wildman–Crippen MR) is 102 cm³/mol. The van der Waals surface area contributed by atoms with Crippen LogP contribution >= 0.6 is 0 Å². The van der Waals surface area contributed by atoms with Crippen molar-refractivity contribution in [1.29, 1.82) is 0 Å². The van der Waals surface area contributed by atoms with Gasteiger partial charge in [0.25, 0.3) is 0 Å². The predicted octanol–water partition coefficient (Wildman–Crippen LogP) is 2.16. The van der Waals surface area contributed by atoms with E-state index in [-0.39, 0.29) is 12.3 Å². The Hall–Kier alpha value is -3.27. The van der Waals surface area contributed by atoms with Crippen LogP contribution in [0.2, 0.25) is 0 Å². The Balaban J connectivity index is 1.62. The maximum atomic E-state index is 10.9. The fraction of sp³-hybridized carbons (Fsp3) is 0.350. The van der Waals surface area contributed by atoms with E-state index in [0.29, 0.717) is 0 Å². The van der Waals surface area contributed by atoms with Gasteiger partial charge in [-0.2, -0.15) is 5.10 Å². The maximum absolute atomic E-state index is 10.9. The lowest BCUT2D eigenvalue weighted by atomic mass is 9.93. The highest BCUT2D eigenvalue weighted by Gasteiger charge is 2.23. The summed E-state index contributed by atoms with van der Waals surface area (Å²) >= 11 is 0. The first kappa shape index (κ1) is 17.2. The molecule has 7 nitrogen and oxygen atoms in total. The van der Waals surface area contributed by atoms with Gasteiger partial charge >= 0.3 is 5.97 Å². The molecule has 0 aliphatic carbocycles. The number of carboxylic acids is 1. The molecule has 1 aliphatic rings. The second-order valence-electron chi connectivity index (χ2n) is 6.90. The van der Waals surface area contributed by atoms with E-state index in [1.807, 2.05) is 25.4 Å². The van der Waals surface area contributed by atoms with Crippen molar-refractivity contribution in [2.24, 2.45) is 13.0 Å². The smallest absolute Gasteiger partial charge is 0.303 e. The monoisotopic (exact) mass is 363 g/mol. The molecule has 138 valence electrons. The second kappa shape index (κ2) is 7.16. The van der Waals surface area contributed by atoms with Crippen molar-refractivity contribution in [1.82, 2.24) is 19.2 Å².